The number of carboxylic acids is 1. The number of rotatable bonds is 10. The Hall–Kier alpha value is -2.41. The summed E-state index contributed by atoms with van der Waals surface area (Å²) in [6.45, 7) is 2.33. The molecule has 2 rings (SSSR count). The smallest absolute Gasteiger partial charge is 0.303 e. The molecule has 26 heavy (non-hydrogen) atoms. The van der Waals surface area contributed by atoms with Crippen LogP contribution in [0.3, 0.4) is 0 Å². The first-order valence-corrected chi connectivity index (χ1v) is 8.67. The Balaban J connectivity index is 1.80. The molecule has 0 aliphatic heterocycles. The van der Waals surface area contributed by atoms with E-state index in [1.54, 1.807) is 0 Å². The highest BCUT2D eigenvalue weighted by molar-refractivity contribution is 6.33. The molecule has 1 aromatic heterocycles. The van der Waals surface area contributed by atoms with Crippen LogP contribution in [0.5, 0.6) is 5.75 Å². The molecule has 0 aliphatic carbocycles. The monoisotopic (exact) mass is 381 g/mol. The van der Waals surface area contributed by atoms with Gasteiger partial charge in [0.1, 0.15) is 29.1 Å². The average Bonchev–Trinajstić information content (AvgIpc) is 2.61. The van der Waals surface area contributed by atoms with Gasteiger partial charge in [-0.25, -0.2) is 14.4 Å². The molecule has 140 valence electrons. The lowest BCUT2D eigenvalue weighted by molar-refractivity contribution is -0.137. The molecule has 0 bridgehead atoms. The third-order valence-corrected chi connectivity index (χ3v) is 4.00. The van der Waals surface area contributed by atoms with Gasteiger partial charge in [-0.3, -0.25) is 4.79 Å². The number of halogens is 2. The van der Waals surface area contributed by atoms with Crippen molar-refractivity contribution in [3.63, 3.8) is 0 Å². The van der Waals surface area contributed by atoms with Crippen molar-refractivity contribution in [1.82, 2.24) is 9.97 Å². The van der Waals surface area contributed by atoms with Crippen molar-refractivity contribution < 1.29 is 19.0 Å². The molecule has 0 fully saturated rings. The number of carboxylic acid groups (broad SMARTS) is 1. The van der Waals surface area contributed by atoms with Crippen molar-refractivity contribution in [2.45, 2.75) is 32.4 Å². The molecular formula is C18H21ClFN3O3. The summed E-state index contributed by atoms with van der Waals surface area (Å²) < 4.78 is 18.9. The van der Waals surface area contributed by atoms with E-state index in [-0.39, 0.29) is 17.1 Å². The summed E-state index contributed by atoms with van der Waals surface area (Å²) in [4.78, 5) is 18.3. The molecule has 1 atom stereocenters. The fourth-order valence-electron chi connectivity index (χ4n) is 2.28. The lowest BCUT2D eigenvalue weighted by Gasteiger charge is -2.11. The molecule has 0 saturated heterocycles. The van der Waals surface area contributed by atoms with Crippen molar-refractivity contribution in [2.75, 3.05) is 18.5 Å². The molecule has 2 N–H and O–H groups in total. The van der Waals surface area contributed by atoms with Crippen LogP contribution in [-0.4, -0.2) is 34.2 Å². The average molecular weight is 382 g/mol. The molecule has 0 aliphatic rings. The van der Waals surface area contributed by atoms with E-state index in [2.05, 4.69) is 15.3 Å². The summed E-state index contributed by atoms with van der Waals surface area (Å²) >= 11 is 6.11. The van der Waals surface area contributed by atoms with Gasteiger partial charge in [-0.2, -0.15) is 0 Å². The summed E-state index contributed by atoms with van der Waals surface area (Å²) in [6.07, 6.45) is 1.32. The van der Waals surface area contributed by atoms with Crippen molar-refractivity contribution in [3.8, 4) is 5.75 Å². The van der Waals surface area contributed by atoms with Gasteiger partial charge in [0.2, 0.25) is 0 Å². The van der Waals surface area contributed by atoms with Crippen molar-refractivity contribution in [3.05, 3.63) is 46.9 Å². The van der Waals surface area contributed by atoms with E-state index < -0.39 is 12.1 Å². The third-order valence-electron chi connectivity index (χ3n) is 3.63. The highest BCUT2D eigenvalue weighted by atomic mass is 35.5. The van der Waals surface area contributed by atoms with Crippen LogP contribution >= 0.6 is 11.6 Å². The minimum Gasteiger partial charge on any atom is -0.494 e. The second kappa shape index (κ2) is 9.91. The minimum atomic E-state index is -1.26. The molecule has 1 heterocycles. The van der Waals surface area contributed by atoms with Crippen molar-refractivity contribution >= 4 is 23.4 Å². The first-order valence-electron chi connectivity index (χ1n) is 8.29. The van der Waals surface area contributed by atoms with Crippen LogP contribution in [0.2, 0.25) is 5.02 Å². The van der Waals surface area contributed by atoms with Crippen LogP contribution in [0.4, 0.5) is 10.2 Å². The summed E-state index contributed by atoms with van der Waals surface area (Å²) in [5.74, 6) is 0.292. The Morgan fingerprint density at radius 3 is 2.73 bits per heavy atom. The number of ether oxygens (including phenoxy) is 1. The Morgan fingerprint density at radius 2 is 2.08 bits per heavy atom. The van der Waals surface area contributed by atoms with Gasteiger partial charge < -0.3 is 15.2 Å². The van der Waals surface area contributed by atoms with Crippen LogP contribution in [-0.2, 0) is 11.2 Å². The first-order chi connectivity index (χ1) is 12.5. The number of carbonyl (C=O) groups is 1. The fourth-order valence-corrected chi connectivity index (χ4v) is 2.59. The highest BCUT2D eigenvalue weighted by Gasteiger charge is 2.14. The molecule has 0 spiro atoms. The van der Waals surface area contributed by atoms with Crippen LogP contribution < -0.4 is 10.1 Å². The first kappa shape index (κ1) is 19.9. The third kappa shape index (κ3) is 6.15. The van der Waals surface area contributed by atoms with Gasteiger partial charge in [-0.15, -0.1) is 0 Å². The Morgan fingerprint density at radius 1 is 1.35 bits per heavy atom. The van der Waals surface area contributed by atoms with Gasteiger partial charge in [0.15, 0.2) is 0 Å². The van der Waals surface area contributed by atoms with Crippen LogP contribution in [0.25, 0.3) is 0 Å². The van der Waals surface area contributed by atoms with Crippen molar-refractivity contribution in [1.29, 1.82) is 0 Å². The highest BCUT2D eigenvalue weighted by Crippen LogP contribution is 2.28. The van der Waals surface area contributed by atoms with Crippen molar-refractivity contribution in [2.24, 2.45) is 0 Å². The number of nitrogens with one attached hydrogen (secondary N) is 1. The van der Waals surface area contributed by atoms with Crippen LogP contribution in [0.1, 0.15) is 37.2 Å². The number of hydrogen-bond donors (Lipinski definition) is 2. The van der Waals surface area contributed by atoms with E-state index in [0.717, 1.165) is 12.0 Å². The summed E-state index contributed by atoms with van der Waals surface area (Å²) in [6, 6.07) is 7.56. The number of anilines is 1. The van der Waals surface area contributed by atoms with Gasteiger partial charge >= 0.3 is 5.97 Å². The SMILES string of the molecule is CC(F)c1ncnc(NCCc2ccc(OCCCC(=O)O)cc2)c1Cl. The quantitative estimate of drug-likeness (QED) is 0.604. The molecule has 2 aromatic rings. The lowest BCUT2D eigenvalue weighted by Crippen LogP contribution is -2.08. The van der Waals surface area contributed by atoms with E-state index in [4.69, 9.17) is 21.4 Å². The molecule has 6 nitrogen and oxygen atoms in total. The fraction of sp³-hybridized carbons (Fsp3) is 0.389. The number of nitrogens with zero attached hydrogens (tertiary/aromatic N) is 2. The predicted molar refractivity (Wildman–Crippen MR) is 97.6 cm³/mol. The van der Waals surface area contributed by atoms with Gasteiger partial charge in [0.25, 0.3) is 0 Å². The maximum atomic E-state index is 13.4. The summed E-state index contributed by atoms with van der Waals surface area (Å²) in [5, 5.41) is 11.9. The second-order valence-electron chi connectivity index (χ2n) is 5.70. The maximum Gasteiger partial charge on any atom is 0.303 e. The molecule has 0 saturated carbocycles. The normalized spacial score (nSPS) is 11.8. The summed E-state index contributed by atoms with van der Waals surface area (Å²) in [5.41, 5.74) is 1.26. The zero-order valence-electron chi connectivity index (χ0n) is 14.4. The van der Waals surface area contributed by atoms with E-state index in [1.807, 2.05) is 24.3 Å². The zero-order chi connectivity index (χ0) is 18.9. The molecule has 1 aromatic carbocycles. The van der Waals surface area contributed by atoms with Gasteiger partial charge in [0.05, 0.1) is 12.3 Å². The topological polar surface area (TPSA) is 84.3 Å². The maximum absolute atomic E-state index is 13.4. The number of hydrogen-bond acceptors (Lipinski definition) is 5. The number of alkyl halides is 1. The molecule has 0 radical (unpaired) electrons. The van der Waals surface area contributed by atoms with Crippen LogP contribution in [0, 0.1) is 0 Å². The number of benzene rings is 1. The Bertz CT molecular complexity index is 726. The Kier molecular flexibility index (Phi) is 7.59. The Labute approximate surface area is 156 Å². The van der Waals surface area contributed by atoms with E-state index in [0.29, 0.717) is 31.1 Å². The van der Waals surface area contributed by atoms with E-state index in [1.165, 1.54) is 13.3 Å². The predicted octanol–water partition coefficient (Wildman–Crippen LogP) is 4.06. The summed E-state index contributed by atoms with van der Waals surface area (Å²) in [7, 11) is 0. The number of aromatic nitrogens is 2. The number of aliphatic carboxylic acids is 1. The largest absolute Gasteiger partial charge is 0.494 e. The molecule has 1 unspecified atom stereocenters. The standard InChI is InChI=1S/C18H21ClFN3O3/c1-12(20)17-16(19)18(23-11-22-17)21-9-8-13-4-6-14(7-5-13)26-10-2-3-15(24)25/h4-7,11-12H,2-3,8-10H2,1H3,(H,24,25)(H,21,22,23). The van der Waals surface area contributed by atoms with Gasteiger partial charge in [-0.1, -0.05) is 23.7 Å². The van der Waals surface area contributed by atoms with Gasteiger partial charge in [-0.05, 0) is 37.5 Å². The molecule has 8 heteroatoms. The van der Waals surface area contributed by atoms with E-state index in [9.17, 15) is 9.18 Å². The molecular weight excluding hydrogens is 361 g/mol. The zero-order valence-corrected chi connectivity index (χ0v) is 15.2. The second-order valence-corrected chi connectivity index (χ2v) is 6.08. The minimum absolute atomic E-state index is 0.0955. The lowest BCUT2D eigenvalue weighted by atomic mass is 10.1. The molecule has 0 amide bonds. The van der Waals surface area contributed by atoms with E-state index >= 15 is 0 Å². The van der Waals surface area contributed by atoms with Crippen LogP contribution in [0.15, 0.2) is 30.6 Å². The van der Waals surface area contributed by atoms with Gasteiger partial charge in [0, 0.05) is 13.0 Å².